The van der Waals surface area contributed by atoms with Gasteiger partial charge in [0.15, 0.2) is 0 Å². The molecular weight excluding hydrogens is 279 g/mol. The quantitative estimate of drug-likeness (QED) is 0.943. The highest BCUT2D eigenvalue weighted by atomic mass is 19.1. The number of nitrogens with one attached hydrogen (secondary N) is 1. The zero-order valence-corrected chi connectivity index (χ0v) is 12.4. The molecule has 0 aliphatic carbocycles. The molecule has 0 spiro atoms. The number of ether oxygens (including phenoxy) is 1. The summed E-state index contributed by atoms with van der Waals surface area (Å²) in [6.07, 6.45) is 0.609. The van der Waals surface area contributed by atoms with Crippen molar-refractivity contribution in [2.24, 2.45) is 0 Å². The fourth-order valence-electron chi connectivity index (χ4n) is 2.72. The number of fused-ring (bicyclic) bond motifs is 1. The molecule has 3 nitrogen and oxygen atoms in total. The Kier molecular flexibility index (Phi) is 4.08. The molecule has 0 radical (unpaired) electrons. The number of hydrogen-bond donors (Lipinski definition) is 1. The van der Waals surface area contributed by atoms with Gasteiger partial charge in [0.2, 0.25) is 0 Å². The third-order valence-electron chi connectivity index (χ3n) is 3.94. The largest absolute Gasteiger partial charge is 0.486 e. The second kappa shape index (κ2) is 6.17. The SMILES string of the molecule is C[C@@H](Oc1ccc2c(c1)CNCC2)c1ccc(C#N)cc1F. The van der Waals surface area contributed by atoms with Crippen LogP contribution in [0.3, 0.4) is 0 Å². The monoisotopic (exact) mass is 296 g/mol. The van der Waals surface area contributed by atoms with E-state index in [0.29, 0.717) is 11.1 Å². The van der Waals surface area contributed by atoms with E-state index in [4.69, 9.17) is 10.00 Å². The van der Waals surface area contributed by atoms with Crippen molar-refractivity contribution in [1.29, 1.82) is 5.26 Å². The van der Waals surface area contributed by atoms with E-state index in [9.17, 15) is 4.39 Å². The molecule has 0 unspecified atom stereocenters. The molecule has 3 rings (SSSR count). The van der Waals surface area contributed by atoms with Gasteiger partial charge in [0.1, 0.15) is 17.7 Å². The molecule has 1 aliphatic rings. The Morgan fingerprint density at radius 2 is 2.09 bits per heavy atom. The Balaban J connectivity index is 1.79. The smallest absolute Gasteiger partial charge is 0.131 e. The molecule has 1 aliphatic heterocycles. The molecule has 22 heavy (non-hydrogen) atoms. The average Bonchev–Trinajstić information content (AvgIpc) is 2.54. The molecule has 0 aromatic heterocycles. The maximum atomic E-state index is 14.0. The lowest BCUT2D eigenvalue weighted by Crippen LogP contribution is -2.23. The fraction of sp³-hybridized carbons (Fsp3) is 0.278. The molecule has 0 amide bonds. The highest BCUT2D eigenvalue weighted by Gasteiger charge is 2.15. The van der Waals surface area contributed by atoms with Crippen LogP contribution < -0.4 is 10.1 Å². The van der Waals surface area contributed by atoms with Crippen molar-refractivity contribution in [2.45, 2.75) is 26.0 Å². The lowest BCUT2D eigenvalue weighted by molar-refractivity contribution is 0.221. The van der Waals surface area contributed by atoms with Crippen molar-refractivity contribution in [1.82, 2.24) is 5.32 Å². The van der Waals surface area contributed by atoms with Gasteiger partial charge in [-0.15, -0.1) is 0 Å². The first-order valence-electron chi connectivity index (χ1n) is 7.36. The van der Waals surface area contributed by atoms with Crippen LogP contribution in [-0.2, 0) is 13.0 Å². The lowest BCUT2D eigenvalue weighted by Gasteiger charge is -2.20. The number of hydrogen-bond acceptors (Lipinski definition) is 3. The molecule has 0 bridgehead atoms. The van der Waals surface area contributed by atoms with Crippen molar-refractivity contribution in [3.63, 3.8) is 0 Å². The van der Waals surface area contributed by atoms with Crippen molar-refractivity contribution >= 4 is 0 Å². The summed E-state index contributed by atoms with van der Waals surface area (Å²) in [5, 5.41) is 12.1. The molecular formula is C18H17FN2O. The van der Waals surface area contributed by atoms with Gasteiger partial charge in [0, 0.05) is 12.1 Å². The summed E-state index contributed by atoms with van der Waals surface area (Å²) in [5.74, 6) is 0.324. The van der Waals surface area contributed by atoms with Gasteiger partial charge in [0.05, 0.1) is 11.6 Å². The minimum absolute atomic E-state index is 0.313. The number of nitrogens with zero attached hydrogens (tertiary/aromatic N) is 1. The molecule has 1 atom stereocenters. The van der Waals surface area contributed by atoms with Crippen LogP contribution in [0.5, 0.6) is 5.75 Å². The Bertz CT molecular complexity index is 736. The summed E-state index contributed by atoms with van der Waals surface area (Å²) >= 11 is 0. The van der Waals surface area contributed by atoms with Crippen molar-refractivity contribution in [3.8, 4) is 11.8 Å². The van der Waals surface area contributed by atoms with E-state index in [1.165, 1.54) is 17.2 Å². The molecule has 1 N–H and O–H groups in total. The lowest BCUT2D eigenvalue weighted by atomic mass is 10.0. The van der Waals surface area contributed by atoms with Gasteiger partial charge >= 0.3 is 0 Å². The minimum atomic E-state index is -0.414. The number of nitriles is 1. The van der Waals surface area contributed by atoms with E-state index < -0.39 is 11.9 Å². The summed E-state index contributed by atoms with van der Waals surface area (Å²) in [7, 11) is 0. The van der Waals surface area contributed by atoms with Gasteiger partial charge in [-0.25, -0.2) is 4.39 Å². The molecule has 112 valence electrons. The highest BCUT2D eigenvalue weighted by molar-refractivity contribution is 5.38. The highest BCUT2D eigenvalue weighted by Crippen LogP contribution is 2.27. The second-order valence-corrected chi connectivity index (χ2v) is 5.47. The molecule has 0 saturated carbocycles. The normalized spacial score (nSPS) is 14.8. The van der Waals surface area contributed by atoms with E-state index in [1.54, 1.807) is 12.1 Å². The van der Waals surface area contributed by atoms with E-state index in [0.717, 1.165) is 25.3 Å². The third kappa shape index (κ3) is 2.95. The zero-order chi connectivity index (χ0) is 15.5. The van der Waals surface area contributed by atoms with E-state index >= 15 is 0 Å². The maximum Gasteiger partial charge on any atom is 0.131 e. The van der Waals surface area contributed by atoms with Gasteiger partial charge in [-0.3, -0.25) is 0 Å². The first-order chi connectivity index (χ1) is 10.7. The summed E-state index contributed by atoms with van der Waals surface area (Å²) in [5.41, 5.74) is 3.34. The first kappa shape index (κ1) is 14.6. The van der Waals surface area contributed by atoms with Gasteiger partial charge < -0.3 is 10.1 Å². The second-order valence-electron chi connectivity index (χ2n) is 5.47. The van der Waals surface area contributed by atoms with Crippen molar-refractivity contribution < 1.29 is 9.13 Å². The zero-order valence-electron chi connectivity index (χ0n) is 12.4. The maximum absolute atomic E-state index is 14.0. The van der Waals surface area contributed by atoms with Gasteiger partial charge in [0.25, 0.3) is 0 Å². The number of rotatable bonds is 3. The minimum Gasteiger partial charge on any atom is -0.486 e. The molecule has 1 heterocycles. The Labute approximate surface area is 129 Å². The molecule has 0 fully saturated rings. The van der Waals surface area contributed by atoms with E-state index in [-0.39, 0.29) is 0 Å². The third-order valence-corrected chi connectivity index (χ3v) is 3.94. The van der Waals surface area contributed by atoms with Crippen LogP contribution in [-0.4, -0.2) is 6.54 Å². The molecule has 2 aromatic carbocycles. The summed E-state index contributed by atoms with van der Waals surface area (Å²) in [4.78, 5) is 0. The van der Waals surface area contributed by atoms with Crippen LogP contribution in [0.15, 0.2) is 36.4 Å². The fourth-order valence-corrected chi connectivity index (χ4v) is 2.72. The van der Waals surface area contributed by atoms with Crippen LogP contribution in [0.25, 0.3) is 0 Å². The molecule has 2 aromatic rings. The summed E-state index contributed by atoms with van der Waals surface area (Å²) in [6.45, 7) is 3.65. The predicted octanol–water partition coefficient (Wildman–Crippen LogP) is 3.48. The van der Waals surface area contributed by atoms with Crippen LogP contribution in [0, 0.1) is 17.1 Å². The molecule has 0 saturated heterocycles. The Morgan fingerprint density at radius 3 is 2.86 bits per heavy atom. The van der Waals surface area contributed by atoms with Gasteiger partial charge in [-0.1, -0.05) is 12.1 Å². The summed E-state index contributed by atoms with van der Waals surface area (Å²) < 4.78 is 19.9. The van der Waals surface area contributed by atoms with Crippen molar-refractivity contribution in [2.75, 3.05) is 6.54 Å². The number of benzene rings is 2. The first-order valence-corrected chi connectivity index (χ1v) is 7.36. The summed E-state index contributed by atoms with van der Waals surface area (Å²) in [6, 6.07) is 12.4. The van der Waals surface area contributed by atoms with Crippen LogP contribution in [0.1, 0.15) is 35.3 Å². The predicted molar refractivity (Wildman–Crippen MR) is 82.0 cm³/mol. The molecule has 4 heteroatoms. The topological polar surface area (TPSA) is 45.0 Å². The Hall–Kier alpha value is -2.38. The average molecular weight is 296 g/mol. The van der Waals surface area contributed by atoms with Gasteiger partial charge in [-0.05, 0) is 55.3 Å². The van der Waals surface area contributed by atoms with Crippen molar-refractivity contribution in [3.05, 3.63) is 64.5 Å². The van der Waals surface area contributed by atoms with E-state index in [2.05, 4.69) is 11.4 Å². The standard InChI is InChI=1S/C18H17FN2O/c1-12(17-5-2-13(10-20)8-18(17)19)22-16-4-3-14-6-7-21-11-15(14)9-16/h2-5,8-9,12,21H,6-7,11H2,1H3/t12-/m1/s1. The van der Waals surface area contributed by atoms with Crippen LogP contribution in [0.4, 0.5) is 4.39 Å². The van der Waals surface area contributed by atoms with Gasteiger partial charge in [-0.2, -0.15) is 5.26 Å². The van der Waals surface area contributed by atoms with Crippen LogP contribution in [0.2, 0.25) is 0 Å². The van der Waals surface area contributed by atoms with E-state index in [1.807, 2.05) is 25.1 Å². The Morgan fingerprint density at radius 1 is 1.23 bits per heavy atom. The van der Waals surface area contributed by atoms with Crippen LogP contribution >= 0.6 is 0 Å². The number of halogens is 1.